The van der Waals surface area contributed by atoms with Gasteiger partial charge in [-0.1, -0.05) is 281 Å². The third-order valence-electron chi connectivity index (χ3n) is 15.3. The van der Waals surface area contributed by atoms with Crippen LogP contribution in [0.15, 0.2) is 36.5 Å². The van der Waals surface area contributed by atoms with Crippen LogP contribution in [-0.2, 0) is 14.3 Å². The number of amides is 1. The van der Waals surface area contributed by atoms with E-state index in [2.05, 4.69) is 43.5 Å². The van der Waals surface area contributed by atoms with Gasteiger partial charge in [-0.2, -0.15) is 0 Å². The van der Waals surface area contributed by atoms with Crippen LogP contribution in [-0.4, -0.2) is 98.7 Å². The van der Waals surface area contributed by atoms with Crippen molar-refractivity contribution in [1.29, 1.82) is 0 Å². The molecule has 0 saturated carbocycles. The van der Waals surface area contributed by atoms with E-state index in [4.69, 9.17) is 9.47 Å². The molecule has 1 saturated heterocycles. The molecule has 0 radical (unpaired) electrons. The van der Waals surface area contributed by atoms with E-state index in [1.54, 1.807) is 6.08 Å². The van der Waals surface area contributed by atoms with Crippen LogP contribution in [0.5, 0.6) is 0 Å². The quantitative estimate of drug-likeness (QED) is 0.0232. The maximum atomic E-state index is 13.2. The first-order valence-electron chi connectivity index (χ1n) is 31.8. The number of nitrogens with one attached hydrogen (secondary N) is 1. The van der Waals surface area contributed by atoms with Crippen molar-refractivity contribution in [2.75, 3.05) is 13.2 Å². The molecular weight excluding hydrogens is 927 g/mol. The Bertz CT molecular complexity index is 1280. The number of aliphatic hydroxyl groups is 6. The number of allylic oxidation sites excluding steroid dienone is 5. The van der Waals surface area contributed by atoms with Crippen molar-refractivity contribution in [2.45, 2.75) is 352 Å². The summed E-state index contributed by atoms with van der Waals surface area (Å²) in [5.74, 6) is -0.622. The lowest BCUT2D eigenvalue weighted by atomic mass is 9.99. The zero-order valence-electron chi connectivity index (χ0n) is 48.2. The van der Waals surface area contributed by atoms with Gasteiger partial charge in [0.1, 0.15) is 30.5 Å². The van der Waals surface area contributed by atoms with Crippen molar-refractivity contribution in [1.82, 2.24) is 5.32 Å². The molecule has 1 aliphatic heterocycles. The molecule has 0 aromatic carbocycles. The van der Waals surface area contributed by atoms with Gasteiger partial charge in [0.05, 0.1) is 25.4 Å². The lowest BCUT2D eigenvalue weighted by Gasteiger charge is -2.40. The normalized spacial score (nSPS) is 19.6. The van der Waals surface area contributed by atoms with Crippen molar-refractivity contribution in [3.8, 4) is 0 Å². The van der Waals surface area contributed by atoms with Gasteiger partial charge in [-0.3, -0.25) is 4.79 Å². The lowest BCUT2D eigenvalue weighted by Crippen LogP contribution is -2.60. The van der Waals surface area contributed by atoms with E-state index in [0.29, 0.717) is 19.3 Å². The first kappa shape index (κ1) is 70.4. The summed E-state index contributed by atoms with van der Waals surface area (Å²) in [6.07, 6.45) is 59.9. The van der Waals surface area contributed by atoms with Gasteiger partial charge in [-0.15, -0.1) is 0 Å². The van der Waals surface area contributed by atoms with Crippen molar-refractivity contribution in [2.24, 2.45) is 0 Å². The molecule has 0 bridgehead atoms. The molecule has 0 spiro atoms. The average molecular weight is 1050 g/mol. The zero-order chi connectivity index (χ0) is 53.8. The highest BCUT2D eigenvalue weighted by atomic mass is 16.7. The Morgan fingerprint density at radius 1 is 0.459 bits per heavy atom. The number of carbonyl (C=O) groups is 1. The van der Waals surface area contributed by atoms with Crippen LogP contribution < -0.4 is 5.32 Å². The number of hydrogen-bond acceptors (Lipinski definition) is 9. The summed E-state index contributed by atoms with van der Waals surface area (Å²) in [7, 11) is 0. The van der Waals surface area contributed by atoms with E-state index in [0.717, 1.165) is 32.1 Å². The second-order valence-electron chi connectivity index (χ2n) is 22.3. The predicted octanol–water partition coefficient (Wildman–Crippen LogP) is 15.3. The molecule has 0 aromatic heterocycles. The van der Waals surface area contributed by atoms with Gasteiger partial charge >= 0.3 is 0 Å². The molecule has 0 aromatic rings. The molecular formula is C64H121NO9. The lowest BCUT2D eigenvalue weighted by molar-refractivity contribution is -0.302. The molecule has 1 aliphatic rings. The SMILES string of the molecule is CCCCCCCCCCCCC/C=C/CC/C=C/C(O)C(COC1OC(CO)C(O)C(O)C1O)NC(=O)C(O)CCCCCCCCCCCCCCCCCC/C=C\CCCCCCCCCCCCCC. The minimum absolute atomic E-state index is 0.306. The Kier molecular flexibility index (Phi) is 50.8. The van der Waals surface area contributed by atoms with Gasteiger partial charge < -0.3 is 45.4 Å². The molecule has 7 N–H and O–H groups in total. The van der Waals surface area contributed by atoms with E-state index < -0.39 is 61.5 Å². The molecule has 436 valence electrons. The van der Waals surface area contributed by atoms with Crippen molar-refractivity contribution >= 4 is 5.91 Å². The fourth-order valence-corrected chi connectivity index (χ4v) is 10.2. The van der Waals surface area contributed by atoms with E-state index in [9.17, 15) is 35.4 Å². The molecule has 0 aliphatic carbocycles. The summed E-state index contributed by atoms with van der Waals surface area (Å²) in [5.41, 5.74) is 0. The van der Waals surface area contributed by atoms with Crippen molar-refractivity contribution < 1.29 is 44.9 Å². The second kappa shape index (κ2) is 53.4. The molecule has 8 atom stereocenters. The Morgan fingerprint density at radius 2 is 0.797 bits per heavy atom. The molecule has 10 heteroatoms. The van der Waals surface area contributed by atoms with Gasteiger partial charge in [-0.05, 0) is 57.8 Å². The van der Waals surface area contributed by atoms with Crippen LogP contribution >= 0.6 is 0 Å². The summed E-state index contributed by atoms with van der Waals surface area (Å²) in [6.45, 7) is 3.63. The number of ether oxygens (including phenoxy) is 2. The first-order valence-corrected chi connectivity index (χ1v) is 31.8. The Morgan fingerprint density at radius 3 is 1.18 bits per heavy atom. The number of unbranched alkanes of at least 4 members (excludes halogenated alkanes) is 40. The topological polar surface area (TPSA) is 169 Å². The third kappa shape index (κ3) is 41.5. The van der Waals surface area contributed by atoms with Crippen LogP contribution in [0.1, 0.15) is 303 Å². The zero-order valence-corrected chi connectivity index (χ0v) is 48.2. The Balaban J connectivity index is 2.17. The highest BCUT2D eigenvalue weighted by Gasteiger charge is 2.44. The van der Waals surface area contributed by atoms with E-state index in [-0.39, 0.29) is 6.61 Å². The van der Waals surface area contributed by atoms with Crippen LogP contribution in [0.3, 0.4) is 0 Å². The summed E-state index contributed by atoms with van der Waals surface area (Å²) >= 11 is 0. The van der Waals surface area contributed by atoms with Crippen LogP contribution in [0.25, 0.3) is 0 Å². The highest BCUT2D eigenvalue weighted by Crippen LogP contribution is 2.23. The summed E-state index contributed by atoms with van der Waals surface area (Å²) in [5, 5.41) is 65.1. The summed E-state index contributed by atoms with van der Waals surface area (Å²) in [6, 6.07) is -0.997. The van der Waals surface area contributed by atoms with Gasteiger partial charge in [0.2, 0.25) is 5.91 Å². The van der Waals surface area contributed by atoms with E-state index >= 15 is 0 Å². The first-order chi connectivity index (χ1) is 36.3. The average Bonchev–Trinajstić information content (AvgIpc) is 3.40. The van der Waals surface area contributed by atoms with Crippen LogP contribution in [0.4, 0.5) is 0 Å². The van der Waals surface area contributed by atoms with Gasteiger partial charge in [0.25, 0.3) is 0 Å². The predicted molar refractivity (Wildman–Crippen MR) is 310 cm³/mol. The van der Waals surface area contributed by atoms with Crippen molar-refractivity contribution in [3.63, 3.8) is 0 Å². The largest absolute Gasteiger partial charge is 0.394 e. The molecule has 10 nitrogen and oxygen atoms in total. The summed E-state index contributed by atoms with van der Waals surface area (Å²) in [4.78, 5) is 13.2. The van der Waals surface area contributed by atoms with Gasteiger partial charge in [-0.25, -0.2) is 0 Å². The van der Waals surface area contributed by atoms with Crippen LogP contribution in [0.2, 0.25) is 0 Å². The smallest absolute Gasteiger partial charge is 0.249 e. The number of hydrogen-bond donors (Lipinski definition) is 7. The molecule has 1 fully saturated rings. The Hall–Kier alpha value is -1.63. The Labute approximate surface area is 455 Å². The van der Waals surface area contributed by atoms with Gasteiger partial charge in [0, 0.05) is 0 Å². The maximum Gasteiger partial charge on any atom is 0.249 e. The molecule has 1 rings (SSSR count). The fourth-order valence-electron chi connectivity index (χ4n) is 10.2. The minimum Gasteiger partial charge on any atom is -0.394 e. The standard InChI is InChI=1S/C64H121NO9/c1-3-5-7-9-11-13-15-17-19-21-22-23-24-25-26-27-28-29-30-31-32-33-34-35-37-39-41-43-45-47-49-51-53-58(68)63(72)65-56(55-73-64-62(71)61(70)60(69)59(54-66)74-64)57(67)52-50-48-46-44-42-40-38-36-20-18-16-14-12-10-8-6-4-2/h25-26,42,44,50,52,56-62,64,66-71H,3-24,27-41,43,45-49,51,53-55H2,1-2H3,(H,65,72)/b26-25-,44-42+,52-50+. The van der Waals surface area contributed by atoms with E-state index in [1.165, 1.54) is 238 Å². The number of carbonyl (C=O) groups excluding carboxylic acids is 1. The molecule has 8 unspecified atom stereocenters. The van der Waals surface area contributed by atoms with Gasteiger partial charge in [0.15, 0.2) is 6.29 Å². The maximum absolute atomic E-state index is 13.2. The summed E-state index contributed by atoms with van der Waals surface area (Å²) < 4.78 is 11.2. The third-order valence-corrected chi connectivity index (χ3v) is 15.3. The fraction of sp³-hybridized carbons (Fsp3) is 0.891. The minimum atomic E-state index is -1.62. The monoisotopic (exact) mass is 1050 g/mol. The highest BCUT2D eigenvalue weighted by molar-refractivity contribution is 5.80. The van der Waals surface area contributed by atoms with Crippen LogP contribution in [0, 0.1) is 0 Å². The number of aliphatic hydroxyl groups excluding tert-OH is 6. The molecule has 74 heavy (non-hydrogen) atoms. The van der Waals surface area contributed by atoms with E-state index in [1.807, 2.05) is 6.08 Å². The molecule has 1 amide bonds. The molecule has 1 heterocycles. The number of rotatable bonds is 55. The second-order valence-corrected chi connectivity index (χ2v) is 22.3. The van der Waals surface area contributed by atoms with Crippen molar-refractivity contribution in [3.05, 3.63) is 36.5 Å².